The Balaban J connectivity index is 2.01. The molecule has 0 bridgehead atoms. The minimum Gasteiger partial charge on any atom is -0.354 e. The maximum atomic E-state index is 13.9. The minimum atomic E-state index is -4.16. The van der Waals surface area contributed by atoms with Crippen molar-refractivity contribution in [3.63, 3.8) is 0 Å². The van der Waals surface area contributed by atoms with Gasteiger partial charge in [0.25, 0.3) is 10.0 Å². The van der Waals surface area contributed by atoms with Crippen molar-refractivity contribution in [2.75, 3.05) is 17.4 Å². The predicted octanol–water partition coefficient (Wildman–Crippen LogP) is 5.83. The van der Waals surface area contributed by atoms with Crippen molar-refractivity contribution in [3.8, 4) is 0 Å². The smallest absolute Gasteiger partial charge is 0.264 e. The van der Waals surface area contributed by atoms with Gasteiger partial charge in [0.1, 0.15) is 12.6 Å². The highest BCUT2D eigenvalue weighted by Crippen LogP contribution is 2.28. The molecule has 0 spiro atoms. The van der Waals surface area contributed by atoms with Crippen molar-refractivity contribution < 1.29 is 18.0 Å². The van der Waals surface area contributed by atoms with E-state index in [2.05, 4.69) is 5.32 Å². The molecule has 1 atom stereocenters. The van der Waals surface area contributed by atoms with Crippen LogP contribution in [0.2, 0.25) is 10.0 Å². The highest BCUT2D eigenvalue weighted by Gasteiger charge is 2.33. The van der Waals surface area contributed by atoms with Crippen LogP contribution in [0.25, 0.3) is 0 Å². The van der Waals surface area contributed by atoms with Crippen molar-refractivity contribution in [3.05, 3.63) is 94.0 Å². The van der Waals surface area contributed by atoms with Crippen LogP contribution in [0, 0.1) is 6.92 Å². The number of nitrogens with zero attached hydrogens (tertiary/aromatic N) is 2. The average molecular weight is 591 g/mol. The molecule has 0 aliphatic carbocycles. The fraction of sp³-hybridized carbons (Fsp3) is 0.310. The van der Waals surface area contributed by atoms with Crippen LogP contribution in [0.15, 0.2) is 77.7 Å². The average Bonchev–Trinajstić information content (AvgIpc) is 2.90. The number of carbonyl (C=O) groups is 2. The Morgan fingerprint density at radius 1 is 0.949 bits per heavy atom. The number of benzene rings is 3. The second kappa shape index (κ2) is 13.8. The van der Waals surface area contributed by atoms with Crippen LogP contribution in [-0.2, 0) is 26.2 Å². The summed E-state index contributed by atoms with van der Waals surface area (Å²) in [5.74, 6) is -0.851. The van der Waals surface area contributed by atoms with Gasteiger partial charge in [-0.1, -0.05) is 66.9 Å². The number of halogens is 2. The molecule has 0 aromatic heterocycles. The summed E-state index contributed by atoms with van der Waals surface area (Å²) in [7, 11) is -4.16. The number of hydrogen-bond donors (Lipinski definition) is 1. The van der Waals surface area contributed by atoms with E-state index in [0.29, 0.717) is 33.4 Å². The number of rotatable bonds is 12. The van der Waals surface area contributed by atoms with Crippen molar-refractivity contribution in [1.29, 1.82) is 0 Å². The van der Waals surface area contributed by atoms with Gasteiger partial charge in [-0.2, -0.15) is 0 Å². The van der Waals surface area contributed by atoms with Gasteiger partial charge < -0.3 is 10.2 Å². The summed E-state index contributed by atoms with van der Waals surface area (Å²) >= 11 is 12.2. The molecular formula is C29H33Cl2N3O4S. The number of amides is 2. The van der Waals surface area contributed by atoms with Gasteiger partial charge in [0.05, 0.1) is 10.6 Å². The first kappa shape index (κ1) is 30.5. The zero-order valence-electron chi connectivity index (χ0n) is 22.2. The van der Waals surface area contributed by atoms with Crippen molar-refractivity contribution in [2.24, 2.45) is 0 Å². The third-order valence-electron chi connectivity index (χ3n) is 6.30. The molecule has 2 amide bonds. The maximum absolute atomic E-state index is 13.9. The maximum Gasteiger partial charge on any atom is 0.264 e. The summed E-state index contributed by atoms with van der Waals surface area (Å²) in [5, 5.41) is 3.75. The van der Waals surface area contributed by atoms with E-state index >= 15 is 0 Å². The quantitative estimate of drug-likeness (QED) is 0.269. The van der Waals surface area contributed by atoms with E-state index in [4.69, 9.17) is 23.2 Å². The fourth-order valence-electron chi connectivity index (χ4n) is 4.04. The molecule has 0 aliphatic heterocycles. The normalized spacial score (nSPS) is 12.0. The lowest BCUT2D eigenvalue weighted by Gasteiger charge is -2.32. The van der Waals surface area contributed by atoms with E-state index in [1.165, 1.54) is 29.2 Å². The molecule has 0 unspecified atom stereocenters. The topological polar surface area (TPSA) is 86.8 Å². The molecule has 0 saturated heterocycles. The first-order chi connectivity index (χ1) is 18.5. The van der Waals surface area contributed by atoms with E-state index in [1.54, 1.807) is 62.4 Å². The van der Waals surface area contributed by atoms with E-state index < -0.39 is 28.5 Å². The third-order valence-corrected chi connectivity index (χ3v) is 8.56. The molecule has 3 rings (SSSR count). The van der Waals surface area contributed by atoms with Crippen LogP contribution in [-0.4, -0.2) is 44.3 Å². The minimum absolute atomic E-state index is 0.00491. The fourth-order valence-corrected chi connectivity index (χ4v) is 5.86. The highest BCUT2D eigenvalue weighted by atomic mass is 35.5. The number of sulfonamides is 1. The van der Waals surface area contributed by atoms with Crippen LogP contribution in [0.1, 0.15) is 37.8 Å². The lowest BCUT2D eigenvalue weighted by atomic mass is 10.1. The van der Waals surface area contributed by atoms with Gasteiger partial charge in [0.2, 0.25) is 11.8 Å². The number of aryl methyl sites for hydroxylation is 1. The van der Waals surface area contributed by atoms with Gasteiger partial charge in [-0.25, -0.2) is 8.42 Å². The Hall–Kier alpha value is -3.07. The van der Waals surface area contributed by atoms with Crippen LogP contribution in [0.5, 0.6) is 0 Å². The molecular weight excluding hydrogens is 557 g/mol. The Bertz CT molecular complexity index is 1400. The van der Waals surface area contributed by atoms with Crippen LogP contribution in [0.4, 0.5) is 5.69 Å². The number of unbranched alkanes of at least 4 members (excludes halogenated alkanes) is 1. The van der Waals surface area contributed by atoms with Crippen molar-refractivity contribution >= 4 is 50.7 Å². The standard InChI is InChI=1S/C29H33Cl2N3O4S/c1-4-5-17-32-29(36)22(3)33(19-23-10-8-11-25(31)18-23)28(35)20-34(27-12-7-6-9-21(27)2)39(37,38)26-15-13-24(30)14-16-26/h6-16,18,22H,4-5,17,19-20H2,1-3H3,(H,32,36)/t22-/m1/s1. The molecule has 0 fully saturated rings. The summed E-state index contributed by atoms with van der Waals surface area (Å²) < 4.78 is 28.8. The number of para-hydroxylation sites is 1. The molecule has 0 radical (unpaired) electrons. The van der Waals surface area contributed by atoms with Gasteiger partial charge in [-0.3, -0.25) is 13.9 Å². The molecule has 3 aromatic rings. The summed E-state index contributed by atoms with van der Waals surface area (Å²) in [6, 6.07) is 18.9. The lowest BCUT2D eigenvalue weighted by molar-refractivity contribution is -0.139. The van der Waals surface area contributed by atoms with Gasteiger partial charge in [0.15, 0.2) is 0 Å². The van der Waals surface area contributed by atoms with E-state index in [0.717, 1.165) is 17.1 Å². The monoisotopic (exact) mass is 589 g/mol. The van der Waals surface area contributed by atoms with Crippen molar-refractivity contribution in [2.45, 2.75) is 51.1 Å². The van der Waals surface area contributed by atoms with Crippen LogP contribution < -0.4 is 9.62 Å². The van der Waals surface area contributed by atoms with Crippen molar-refractivity contribution in [1.82, 2.24) is 10.2 Å². The van der Waals surface area contributed by atoms with E-state index in [9.17, 15) is 18.0 Å². The first-order valence-corrected chi connectivity index (χ1v) is 14.9. The summed E-state index contributed by atoms with van der Waals surface area (Å²) in [6.07, 6.45) is 1.72. The Morgan fingerprint density at radius 3 is 2.28 bits per heavy atom. The van der Waals surface area contributed by atoms with Gasteiger partial charge in [-0.05, 0) is 73.9 Å². The molecule has 0 heterocycles. The van der Waals surface area contributed by atoms with Gasteiger partial charge >= 0.3 is 0 Å². The highest BCUT2D eigenvalue weighted by molar-refractivity contribution is 7.92. The number of hydrogen-bond acceptors (Lipinski definition) is 4. The zero-order valence-corrected chi connectivity index (χ0v) is 24.6. The summed E-state index contributed by atoms with van der Waals surface area (Å²) in [6.45, 7) is 5.48. The molecule has 3 aromatic carbocycles. The molecule has 10 heteroatoms. The summed E-state index contributed by atoms with van der Waals surface area (Å²) in [5.41, 5.74) is 1.75. The molecule has 0 saturated carbocycles. The molecule has 7 nitrogen and oxygen atoms in total. The lowest BCUT2D eigenvalue weighted by Crippen LogP contribution is -2.51. The van der Waals surface area contributed by atoms with Crippen LogP contribution in [0.3, 0.4) is 0 Å². The van der Waals surface area contributed by atoms with E-state index in [1.807, 2.05) is 6.92 Å². The van der Waals surface area contributed by atoms with Gasteiger partial charge in [-0.15, -0.1) is 0 Å². The second-order valence-corrected chi connectivity index (χ2v) is 12.0. The SMILES string of the molecule is CCCCNC(=O)[C@@H](C)N(Cc1cccc(Cl)c1)C(=O)CN(c1ccccc1C)S(=O)(=O)c1ccc(Cl)cc1. The molecule has 0 aliphatic rings. The number of anilines is 1. The van der Waals surface area contributed by atoms with Gasteiger partial charge in [0, 0.05) is 23.1 Å². The number of carbonyl (C=O) groups excluding carboxylic acids is 2. The predicted molar refractivity (Wildman–Crippen MR) is 157 cm³/mol. The molecule has 208 valence electrons. The zero-order chi connectivity index (χ0) is 28.6. The Kier molecular flexibility index (Phi) is 10.8. The molecule has 1 N–H and O–H groups in total. The van der Waals surface area contributed by atoms with Crippen LogP contribution >= 0.6 is 23.2 Å². The number of nitrogens with one attached hydrogen (secondary N) is 1. The second-order valence-electron chi connectivity index (χ2n) is 9.22. The third kappa shape index (κ3) is 7.97. The largest absolute Gasteiger partial charge is 0.354 e. The Labute approximate surface area is 240 Å². The first-order valence-electron chi connectivity index (χ1n) is 12.7. The van der Waals surface area contributed by atoms with E-state index in [-0.39, 0.29) is 17.3 Å². The Morgan fingerprint density at radius 2 is 1.64 bits per heavy atom. The summed E-state index contributed by atoms with van der Waals surface area (Å²) in [4.78, 5) is 28.3. The molecule has 39 heavy (non-hydrogen) atoms.